The summed E-state index contributed by atoms with van der Waals surface area (Å²) in [5.74, 6) is -1.43. The third kappa shape index (κ3) is 30.9. The van der Waals surface area contributed by atoms with Crippen LogP contribution in [0.1, 0.15) is 193 Å². The molecule has 32 nitrogen and oxygen atoms in total. The van der Waals surface area contributed by atoms with Gasteiger partial charge >= 0.3 is 0 Å². The summed E-state index contributed by atoms with van der Waals surface area (Å²) < 4.78 is 20.9. The van der Waals surface area contributed by atoms with Gasteiger partial charge in [0.25, 0.3) is 5.91 Å². The van der Waals surface area contributed by atoms with Crippen LogP contribution in [0.5, 0.6) is 23.0 Å². The summed E-state index contributed by atoms with van der Waals surface area (Å²) >= 11 is 0. The molecule has 7 fully saturated rings. The first-order valence-electron chi connectivity index (χ1n) is 50.7. The van der Waals surface area contributed by atoms with Crippen LogP contribution in [-0.2, 0) is 118 Å². The molecular weight excluding hydrogens is 1880 g/mol. The van der Waals surface area contributed by atoms with E-state index in [1.54, 1.807) is 90.8 Å². The number of ether oxygens (including phenoxy) is 4. The fraction of sp³-hybridized carbons (Fsp3) is 0.414. The van der Waals surface area contributed by atoms with E-state index in [0.29, 0.717) is 80.8 Å². The van der Waals surface area contributed by atoms with Crippen LogP contribution in [0.3, 0.4) is 0 Å². The highest BCUT2D eigenvalue weighted by Crippen LogP contribution is 2.50. The standard InChI is InChI=1S/3C29H35N3O5.C29H31N3O5/c2*1-28(15-16-28)25(34)22(17-19-7-5-4-6-8-19)30-26(35)23(18-20-9-11-21(37-3)12-10-20)31-27(36)29(2)14-13-24(33)32-29;2*1-29(15-16-29)26(34)23(17-19-7-4-3-5-8-19)31-28(36)24(18-20-11-13-21(37-2)14-12-20)32-27(35)22-9-6-10-25(33)30-22/h2*4-12,22-23H,13-18H2,1-3H3,(H,30,35)(H,31,36)(H,32,33);3-5,7-8,11-14,22-24H,6,9-10,15-18H2,1-2H3,(H,30,33)(H,31,36)(H,32,35);3-14,23-24H,15-18H2,1-2H3,(H,30,33)(H,31,36)(H,32,35)/t22-,23-,29+;22-,23-,29-;22-,23+,24+;23-,24-/m0010/s1. The topological polar surface area (TPSA) is 458 Å². The number of aromatic amines is 1. The molecule has 8 aromatic carbocycles. The smallest absolute Gasteiger partial charge is 0.268 e. The molecule has 1 aromatic heterocycles. The molecule has 780 valence electrons. The fourth-order valence-electron chi connectivity index (χ4n) is 18.2. The number of aromatic nitrogens is 1. The molecule has 0 spiro atoms. The van der Waals surface area contributed by atoms with Crippen LogP contribution in [-0.4, -0.2) is 187 Å². The maximum Gasteiger partial charge on any atom is 0.268 e. The van der Waals surface area contributed by atoms with E-state index >= 15 is 0 Å². The van der Waals surface area contributed by atoms with Gasteiger partial charge in [0, 0.05) is 72.7 Å². The Bertz CT molecular complexity index is 6090. The number of nitrogens with one attached hydrogen (secondary N) is 12. The molecule has 11 amide bonds. The van der Waals surface area contributed by atoms with Crippen molar-refractivity contribution in [1.82, 2.24) is 63.5 Å². The van der Waals surface area contributed by atoms with Crippen molar-refractivity contribution >= 4 is 88.1 Å². The number of carbonyl (C=O) groups excluding carboxylic acids is 15. The van der Waals surface area contributed by atoms with Gasteiger partial charge in [-0.15, -0.1) is 0 Å². The molecule has 4 heterocycles. The van der Waals surface area contributed by atoms with Gasteiger partial charge in [0.15, 0.2) is 23.1 Å². The molecule has 3 aliphatic heterocycles. The summed E-state index contributed by atoms with van der Waals surface area (Å²) in [7, 11) is 6.29. The number of pyridine rings is 1. The van der Waals surface area contributed by atoms with Crippen LogP contribution in [0.25, 0.3) is 0 Å². The molecule has 9 aromatic rings. The average Bonchev–Trinajstić information content (AvgIpc) is 1.65. The summed E-state index contributed by atoms with van der Waals surface area (Å²) in [5, 5.41) is 31.2. The maximum atomic E-state index is 13.7. The fourth-order valence-corrected chi connectivity index (χ4v) is 18.2. The van der Waals surface area contributed by atoms with E-state index in [4.69, 9.17) is 18.9 Å². The number of benzene rings is 8. The van der Waals surface area contributed by atoms with Gasteiger partial charge in [-0.25, -0.2) is 0 Å². The number of hydrogen-bond acceptors (Lipinski definition) is 20. The minimum atomic E-state index is -1.09. The molecule has 4 saturated carbocycles. The SMILES string of the molecule is COc1ccc(C[C@H](NC(=O)[C@@]2(C)CCC(=O)N2)C(=O)N[C@@H](Cc2ccccc2)C(=O)C2(C)CC2)cc1.COc1ccc(C[C@H](NC(=O)[C@H]2CCCC(=O)N2)C(=O)N[C@@H](Cc2ccccc2)C(=O)C2(C)CC2)cc1.COc1ccc(C[C@H](NC(=O)[C@]2(C)CCC(=O)N2)C(=O)N[C@@H](Cc2ccccc2)C(=O)C2(C)CC2)cc1.COc1ccc(C[C@H](NC(=O)c2cccc(=O)[nH]2)C(=O)N[C@@H](Cc2ccccc2)C(=O)C2(C)CC2)cc1. The monoisotopic (exact) mass is 2020 g/mol. The lowest BCUT2D eigenvalue weighted by atomic mass is 9.92. The van der Waals surface area contributed by atoms with Gasteiger partial charge in [-0.1, -0.05) is 204 Å². The van der Waals surface area contributed by atoms with Crippen molar-refractivity contribution in [3.63, 3.8) is 0 Å². The van der Waals surface area contributed by atoms with E-state index in [1.165, 1.54) is 18.2 Å². The van der Waals surface area contributed by atoms with Crippen LogP contribution < -0.4 is 83.0 Å². The Balaban J connectivity index is 0.000000165. The molecule has 4 aliphatic carbocycles. The van der Waals surface area contributed by atoms with E-state index in [-0.39, 0.29) is 85.1 Å². The van der Waals surface area contributed by atoms with Crippen molar-refractivity contribution < 1.29 is 90.9 Å². The Morgan fingerprint density at radius 3 is 0.804 bits per heavy atom. The summed E-state index contributed by atoms with van der Waals surface area (Å²) in [6.07, 6.45) is 11.5. The number of ketones is 4. The van der Waals surface area contributed by atoms with Crippen molar-refractivity contribution in [2.75, 3.05) is 28.4 Å². The summed E-state index contributed by atoms with van der Waals surface area (Å²) in [6, 6.07) is 64.2. The Kier molecular flexibility index (Phi) is 37.0. The van der Waals surface area contributed by atoms with E-state index in [0.717, 1.165) is 95.9 Å². The summed E-state index contributed by atoms with van der Waals surface area (Å²) in [4.78, 5) is 210. The highest BCUT2D eigenvalue weighted by Gasteiger charge is 2.53. The zero-order chi connectivity index (χ0) is 106. The van der Waals surface area contributed by atoms with Gasteiger partial charge in [0.1, 0.15) is 70.0 Å². The molecule has 0 radical (unpaired) electrons. The Labute approximate surface area is 862 Å². The van der Waals surface area contributed by atoms with Gasteiger partial charge in [-0.3, -0.25) is 76.7 Å². The summed E-state index contributed by atoms with van der Waals surface area (Å²) in [6.45, 7) is 11.0. The third-order valence-corrected chi connectivity index (χ3v) is 29.0. The molecule has 3 saturated heterocycles. The average molecular weight is 2020 g/mol. The number of methoxy groups -OCH3 is 4. The summed E-state index contributed by atoms with van der Waals surface area (Å²) in [5.41, 5.74) is 2.77. The number of Topliss-reactive ketones (excluding diaryl/α,β-unsaturated/α-hetero) is 4. The highest BCUT2D eigenvalue weighted by molar-refractivity contribution is 6.03. The highest BCUT2D eigenvalue weighted by atomic mass is 16.5. The normalized spacial score (nSPS) is 19.4. The Morgan fingerprint density at radius 2 is 0.554 bits per heavy atom. The number of amides is 11. The molecule has 0 bridgehead atoms. The van der Waals surface area contributed by atoms with E-state index in [1.807, 2.05) is 198 Å². The van der Waals surface area contributed by atoms with Crippen LogP contribution in [0.15, 0.2) is 241 Å². The van der Waals surface area contributed by atoms with Gasteiger partial charge in [-0.05, 0) is 216 Å². The van der Waals surface area contributed by atoms with Crippen molar-refractivity contribution in [1.29, 1.82) is 0 Å². The predicted molar refractivity (Wildman–Crippen MR) is 556 cm³/mol. The molecule has 12 N–H and O–H groups in total. The van der Waals surface area contributed by atoms with Crippen molar-refractivity contribution in [3.8, 4) is 23.0 Å². The number of carbonyl (C=O) groups is 15. The maximum absolute atomic E-state index is 13.7. The second-order valence-corrected chi connectivity index (χ2v) is 41.3. The number of rotatable bonds is 44. The van der Waals surface area contributed by atoms with Gasteiger partial charge < -0.3 is 82.4 Å². The molecule has 7 aliphatic rings. The largest absolute Gasteiger partial charge is 0.497 e. The molecule has 0 unspecified atom stereocenters. The molecule has 148 heavy (non-hydrogen) atoms. The second-order valence-electron chi connectivity index (χ2n) is 41.3. The predicted octanol–water partition coefficient (Wildman–Crippen LogP) is 10.3. The molecule has 16 rings (SSSR count). The third-order valence-electron chi connectivity index (χ3n) is 29.0. The number of H-pyrrole nitrogens is 1. The first kappa shape index (κ1) is 110. The Morgan fingerprint density at radius 1 is 0.291 bits per heavy atom. The van der Waals surface area contributed by atoms with Crippen molar-refractivity contribution in [3.05, 3.63) is 297 Å². The van der Waals surface area contributed by atoms with Crippen molar-refractivity contribution in [2.45, 2.75) is 255 Å². The van der Waals surface area contributed by atoms with E-state index in [2.05, 4.69) is 63.5 Å². The molecule has 32 heteroatoms. The van der Waals surface area contributed by atoms with Crippen LogP contribution >= 0.6 is 0 Å². The van der Waals surface area contributed by atoms with E-state index in [9.17, 15) is 76.7 Å². The Hall–Kier alpha value is -15.2. The number of piperidine rings is 1. The minimum Gasteiger partial charge on any atom is -0.497 e. The van der Waals surface area contributed by atoms with E-state index < -0.39 is 140 Å². The second kappa shape index (κ2) is 49.8. The zero-order valence-electron chi connectivity index (χ0n) is 85.6. The molecule has 11 atom stereocenters. The minimum absolute atomic E-state index is 0.00776. The van der Waals surface area contributed by atoms with Crippen molar-refractivity contribution in [2.24, 2.45) is 21.7 Å². The zero-order valence-corrected chi connectivity index (χ0v) is 85.6. The lowest BCUT2D eigenvalue weighted by Gasteiger charge is -2.28. The quantitative estimate of drug-likeness (QED) is 0.0169. The lowest BCUT2D eigenvalue weighted by Crippen LogP contribution is -2.59. The molecular formula is C116H136N12O20. The van der Waals surface area contributed by atoms with Crippen LogP contribution in [0.4, 0.5) is 0 Å². The van der Waals surface area contributed by atoms with Gasteiger partial charge in [0.2, 0.25) is 64.6 Å². The first-order valence-corrected chi connectivity index (χ1v) is 50.7. The van der Waals surface area contributed by atoms with Gasteiger partial charge in [0.05, 0.1) is 52.6 Å². The first-order chi connectivity index (χ1) is 70.8. The lowest BCUT2D eigenvalue weighted by molar-refractivity contribution is -0.135. The number of hydrogen-bond donors (Lipinski definition) is 12. The van der Waals surface area contributed by atoms with Crippen LogP contribution in [0, 0.1) is 21.7 Å². The van der Waals surface area contributed by atoms with Crippen LogP contribution in [0.2, 0.25) is 0 Å². The van der Waals surface area contributed by atoms with Gasteiger partial charge in [-0.2, -0.15) is 0 Å².